The molecule has 6 heteroatoms. The lowest BCUT2D eigenvalue weighted by Gasteiger charge is -2.10. The molecule has 0 aliphatic heterocycles. The Morgan fingerprint density at radius 1 is 1.24 bits per heavy atom. The van der Waals surface area contributed by atoms with E-state index in [9.17, 15) is 14.5 Å². The lowest BCUT2D eigenvalue weighted by atomic mass is 10.1. The highest BCUT2D eigenvalue weighted by molar-refractivity contribution is 14.1. The fourth-order valence-electron chi connectivity index (χ4n) is 2.14. The molecule has 2 aromatic carbocycles. The van der Waals surface area contributed by atoms with Crippen LogP contribution in [0.25, 0.3) is 0 Å². The van der Waals surface area contributed by atoms with Crippen LogP contribution in [0.3, 0.4) is 0 Å². The predicted octanol–water partition coefficient (Wildman–Crippen LogP) is 4.57. The molecular weight excluding hydrogens is 386 g/mol. The van der Waals surface area contributed by atoms with Crippen molar-refractivity contribution in [3.8, 4) is 0 Å². The van der Waals surface area contributed by atoms with Crippen molar-refractivity contribution in [2.24, 2.45) is 0 Å². The summed E-state index contributed by atoms with van der Waals surface area (Å²) in [4.78, 5) is 10.6. The molecule has 2 rings (SSSR count). The van der Waals surface area contributed by atoms with Gasteiger partial charge >= 0.3 is 0 Å². The SMILES string of the molecule is Cc1cc(CNc2ccc(I)cc2[N+](=O)[O-])cc(C)c1F. The first kappa shape index (κ1) is 15.7. The molecule has 21 heavy (non-hydrogen) atoms. The van der Waals surface area contributed by atoms with Crippen LogP contribution in [-0.4, -0.2) is 4.92 Å². The van der Waals surface area contributed by atoms with Crippen LogP contribution in [-0.2, 0) is 6.54 Å². The minimum Gasteiger partial charge on any atom is -0.375 e. The van der Waals surface area contributed by atoms with Crippen molar-refractivity contribution in [1.29, 1.82) is 0 Å². The summed E-state index contributed by atoms with van der Waals surface area (Å²) in [6, 6.07) is 8.49. The molecule has 0 fully saturated rings. The summed E-state index contributed by atoms with van der Waals surface area (Å²) in [6.07, 6.45) is 0. The maximum Gasteiger partial charge on any atom is 0.293 e. The maximum absolute atomic E-state index is 13.6. The van der Waals surface area contributed by atoms with E-state index in [1.54, 1.807) is 38.1 Å². The van der Waals surface area contributed by atoms with Crippen LogP contribution in [0.15, 0.2) is 30.3 Å². The molecular formula is C15H14FIN2O2. The van der Waals surface area contributed by atoms with Crippen molar-refractivity contribution in [3.05, 3.63) is 66.5 Å². The van der Waals surface area contributed by atoms with E-state index < -0.39 is 4.92 Å². The van der Waals surface area contributed by atoms with E-state index in [4.69, 9.17) is 0 Å². The van der Waals surface area contributed by atoms with E-state index >= 15 is 0 Å². The predicted molar refractivity (Wildman–Crippen MR) is 89.0 cm³/mol. The van der Waals surface area contributed by atoms with Crippen LogP contribution < -0.4 is 5.32 Å². The molecule has 0 saturated carbocycles. The summed E-state index contributed by atoms with van der Waals surface area (Å²) in [5.74, 6) is -0.209. The van der Waals surface area contributed by atoms with E-state index in [0.717, 1.165) is 9.13 Å². The molecule has 0 spiro atoms. The number of anilines is 1. The largest absolute Gasteiger partial charge is 0.375 e. The van der Waals surface area contributed by atoms with E-state index in [2.05, 4.69) is 5.32 Å². The van der Waals surface area contributed by atoms with Gasteiger partial charge in [0.2, 0.25) is 0 Å². The maximum atomic E-state index is 13.6. The molecule has 0 amide bonds. The third-order valence-electron chi connectivity index (χ3n) is 3.14. The van der Waals surface area contributed by atoms with E-state index in [1.807, 2.05) is 22.6 Å². The molecule has 2 aromatic rings. The molecule has 0 aliphatic rings. The molecule has 0 aliphatic carbocycles. The highest BCUT2D eigenvalue weighted by Crippen LogP contribution is 2.27. The molecule has 4 nitrogen and oxygen atoms in total. The molecule has 0 saturated heterocycles. The van der Waals surface area contributed by atoms with Gasteiger partial charge in [0.1, 0.15) is 11.5 Å². The Kier molecular flexibility index (Phi) is 4.76. The highest BCUT2D eigenvalue weighted by atomic mass is 127. The van der Waals surface area contributed by atoms with Crippen LogP contribution in [0.1, 0.15) is 16.7 Å². The molecule has 110 valence electrons. The van der Waals surface area contributed by atoms with Gasteiger partial charge in [-0.1, -0.05) is 12.1 Å². The summed E-state index contributed by atoms with van der Waals surface area (Å²) in [5.41, 5.74) is 2.53. The number of rotatable bonds is 4. The first-order valence-electron chi connectivity index (χ1n) is 6.32. The fraction of sp³-hybridized carbons (Fsp3) is 0.200. The molecule has 0 unspecified atom stereocenters. The number of halogens is 2. The molecule has 0 aromatic heterocycles. The van der Waals surface area contributed by atoms with Crippen molar-refractivity contribution in [1.82, 2.24) is 0 Å². The number of nitro benzene ring substituents is 1. The molecule has 0 heterocycles. The second-order valence-corrected chi connectivity index (χ2v) is 6.06. The van der Waals surface area contributed by atoms with Gasteiger partial charge in [-0.25, -0.2) is 4.39 Å². The van der Waals surface area contributed by atoms with Gasteiger partial charge in [-0.05, 0) is 65.3 Å². The van der Waals surface area contributed by atoms with Crippen LogP contribution in [0.2, 0.25) is 0 Å². The quantitative estimate of drug-likeness (QED) is 0.465. The Balaban J connectivity index is 2.22. The van der Waals surface area contributed by atoms with Crippen molar-refractivity contribution in [2.75, 3.05) is 5.32 Å². The number of nitrogens with zero attached hydrogens (tertiary/aromatic N) is 1. The summed E-state index contributed by atoms with van der Waals surface area (Å²) in [7, 11) is 0. The van der Waals surface area contributed by atoms with Gasteiger partial charge < -0.3 is 5.32 Å². The third kappa shape index (κ3) is 3.69. The fourth-order valence-corrected chi connectivity index (χ4v) is 2.62. The third-order valence-corrected chi connectivity index (χ3v) is 3.81. The minimum atomic E-state index is -0.411. The van der Waals surface area contributed by atoms with Gasteiger partial charge in [0.15, 0.2) is 0 Å². The van der Waals surface area contributed by atoms with Crippen LogP contribution >= 0.6 is 22.6 Å². The van der Waals surface area contributed by atoms with Crippen molar-refractivity contribution >= 4 is 34.0 Å². The monoisotopic (exact) mass is 400 g/mol. The van der Waals surface area contributed by atoms with Crippen molar-refractivity contribution in [2.45, 2.75) is 20.4 Å². The van der Waals surface area contributed by atoms with Gasteiger partial charge in [0.05, 0.1) is 4.92 Å². The van der Waals surface area contributed by atoms with E-state index in [1.165, 1.54) is 6.07 Å². The highest BCUT2D eigenvalue weighted by Gasteiger charge is 2.14. The van der Waals surface area contributed by atoms with Crippen LogP contribution in [0, 0.1) is 33.3 Å². The number of hydrogen-bond donors (Lipinski definition) is 1. The lowest BCUT2D eigenvalue weighted by Crippen LogP contribution is -2.04. The summed E-state index contributed by atoms with van der Waals surface area (Å²) >= 11 is 2.03. The van der Waals surface area contributed by atoms with E-state index in [-0.39, 0.29) is 11.5 Å². The smallest absolute Gasteiger partial charge is 0.293 e. The Labute approximate surface area is 135 Å². The summed E-state index contributed by atoms with van der Waals surface area (Å²) < 4.78 is 14.4. The molecule has 1 N–H and O–H groups in total. The molecule has 0 radical (unpaired) electrons. The zero-order chi connectivity index (χ0) is 15.6. The second-order valence-electron chi connectivity index (χ2n) is 4.82. The topological polar surface area (TPSA) is 55.2 Å². The number of aryl methyl sites for hydroxylation is 2. The zero-order valence-electron chi connectivity index (χ0n) is 11.6. The van der Waals surface area contributed by atoms with Crippen molar-refractivity contribution < 1.29 is 9.31 Å². The average molecular weight is 400 g/mol. The Bertz CT molecular complexity index is 681. The normalized spacial score (nSPS) is 10.5. The first-order valence-corrected chi connectivity index (χ1v) is 7.40. The number of nitro groups is 1. The van der Waals surface area contributed by atoms with Crippen LogP contribution in [0.4, 0.5) is 15.8 Å². The number of hydrogen-bond acceptors (Lipinski definition) is 3. The van der Waals surface area contributed by atoms with Crippen molar-refractivity contribution in [3.63, 3.8) is 0 Å². The Morgan fingerprint density at radius 2 is 1.86 bits per heavy atom. The van der Waals surface area contributed by atoms with E-state index in [0.29, 0.717) is 23.4 Å². The number of nitrogens with one attached hydrogen (secondary N) is 1. The van der Waals surface area contributed by atoms with Gasteiger partial charge in [0.25, 0.3) is 5.69 Å². The molecule has 0 bridgehead atoms. The number of benzene rings is 2. The van der Waals surface area contributed by atoms with Gasteiger partial charge in [0, 0.05) is 16.2 Å². The zero-order valence-corrected chi connectivity index (χ0v) is 13.8. The minimum absolute atomic E-state index is 0.0393. The first-order chi connectivity index (χ1) is 9.88. The Morgan fingerprint density at radius 3 is 2.43 bits per heavy atom. The van der Waals surface area contributed by atoms with Gasteiger partial charge in [-0.3, -0.25) is 10.1 Å². The van der Waals surface area contributed by atoms with Crippen LogP contribution in [0.5, 0.6) is 0 Å². The second kappa shape index (κ2) is 6.38. The summed E-state index contributed by atoms with van der Waals surface area (Å²) in [6.45, 7) is 3.82. The van der Waals surface area contributed by atoms with Gasteiger partial charge in [-0.15, -0.1) is 0 Å². The summed E-state index contributed by atoms with van der Waals surface area (Å²) in [5, 5.41) is 14.1. The Hall–Kier alpha value is -1.70. The average Bonchev–Trinajstić information content (AvgIpc) is 2.43. The lowest BCUT2D eigenvalue weighted by molar-refractivity contribution is -0.384. The molecule has 0 atom stereocenters. The van der Waals surface area contributed by atoms with Gasteiger partial charge in [-0.2, -0.15) is 0 Å². The standard InChI is InChI=1S/C15H14FIN2O2/c1-9-5-11(6-10(2)15(9)16)8-18-13-4-3-12(17)7-14(13)19(20)21/h3-7,18H,8H2,1-2H3.